The monoisotopic (exact) mass is 362 g/mol. The van der Waals surface area contributed by atoms with Crippen molar-refractivity contribution in [1.82, 2.24) is 10.2 Å². The van der Waals surface area contributed by atoms with Crippen LogP contribution in [0.4, 0.5) is 9.18 Å². The Morgan fingerprint density at radius 3 is 2.52 bits per heavy atom. The van der Waals surface area contributed by atoms with Crippen LogP contribution >= 0.6 is 11.6 Å². The Bertz CT molecular complexity index is 751. The van der Waals surface area contributed by atoms with Gasteiger partial charge in [-0.3, -0.25) is 0 Å². The third kappa shape index (κ3) is 3.62. The molecule has 2 aromatic carbocycles. The third-order valence-corrected chi connectivity index (χ3v) is 5.10. The number of hydrogen-bond acceptors (Lipinski definition) is 3. The molecule has 0 aromatic heterocycles. The van der Waals surface area contributed by atoms with Gasteiger partial charge in [0.2, 0.25) is 0 Å². The highest BCUT2D eigenvalue weighted by Crippen LogP contribution is 2.34. The molecule has 1 heterocycles. The van der Waals surface area contributed by atoms with Crippen LogP contribution in [0.3, 0.4) is 0 Å². The molecule has 2 aromatic rings. The lowest BCUT2D eigenvalue weighted by molar-refractivity contribution is 0.133. The van der Waals surface area contributed by atoms with Crippen LogP contribution < -0.4 is 10.1 Å². The summed E-state index contributed by atoms with van der Waals surface area (Å²) in [7, 11) is 1.72. The molecule has 0 saturated carbocycles. The molecule has 0 bridgehead atoms. The number of likely N-dealkylation sites (N-methyl/N-ethyl adjacent to an activating group) is 1. The third-order valence-electron chi connectivity index (χ3n) is 4.84. The van der Waals surface area contributed by atoms with Gasteiger partial charge in [0.15, 0.2) is 0 Å². The van der Waals surface area contributed by atoms with Crippen molar-refractivity contribution in [2.75, 3.05) is 20.1 Å². The molecule has 0 unspecified atom stereocenters. The van der Waals surface area contributed by atoms with Crippen molar-refractivity contribution in [1.29, 1.82) is 0 Å². The molecule has 0 radical (unpaired) electrons. The van der Waals surface area contributed by atoms with Crippen molar-refractivity contribution in [3.8, 4) is 5.75 Å². The lowest BCUT2D eigenvalue weighted by Gasteiger charge is -2.36. The molecule has 1 aliphatic heterocycles. The Labute approximate surface area is 151 Å². The lowest BCUT2D eigenvalue weighted by atomic mass is 9.78. The normalized spacial score (nSPS) is 22.6. The van der Waals surface area contributed by atoms with E-state index < -0.39 is 6.09 Å². The van der Waals surface area contributed by atoms with Crippen LogP contribution in [0.2, 0.25) is 5.02 Å². The SMILES string of the molecule is CN(C(=O)Oc1ccc(F)cc1)[C@@H]1CNC[C@@]1(C)c1ccc(Cl)cc1. The minimum Gasteiger partial charge on any atom is -0.410 e. The number of carbonyl (C=O) groups excluding carboxylic acids is 1. The van der Waals surface area contributed by atoms with E-state index in [1.807, 2.05) is 24.3 Å². The van der Waals surface area contributed by atoms with Gasteiger partial charge in [-0.25, -0.2) is 9.18 Å². The van der Waals surface area contributed by atoms with Crippen LogP contribution in [0.1, 0.15) is 12.5 Å². The van der Waals surface area contributed by atoms with Crippen molar-refractivity contribution >= 4 is 17.7 Å². The maximum absolute atomic E-state index is 13.0. The summed E-state index contributed by atoms with van der Waals surface area (Å²) in [5.41, 5.74) is 0.842. The van der Waals surface area contributed by atoms with Gasteiger partial charge in [-0.15, -0.1) is 0 Å². The van der Waals surface area contributed by atoms with Gasteiger partial charge in [0.1, 0.15) is 11.6 Å². The van der Waals surface area contributed by atoms with Gasteiger partial charge in [-0.05, 0) is 42.0 Å². The fourth-order valence-electron chi connectivity index (χ4n) is 3.30. The molecule has 25 heavy (non-hydrogen) atoms. The van der Waals surface area contributed by atoms with Gasteiger partial charge in [-0.2, -0.15) is 0 Å². The largest absolute Gasteiger partial charge is 0.415 e. The van der Waals surface area contributed by atoms with E-state index in [4.69, 9.17) is 16.3 Å². The van der Waals surface area contributed by atoms with Crippen molar-refractivity contribution in [2.45, 2.75) is 18.4 Å². The maximum atomic E-state index is 13.0. The average molecular weight is 363 g/mol. The Morgan fingerprint density at radius 1 is 1.24 bits per heavy atom. The molecule has 2 atom stereocenters. The summed E-state index contributed by atoms with van der Waals surface area (Å²) in [6.45, 7) is 3.52. The molecule has 1 amide bonds. The first-order chi connectivity index (χ1) is 11.9. The highest BCUT2D eigenvalue weighted by atomic mass is 35.5. The Balaban J connectivity index is 1.77. The molecular formula is C19H20ClFN2O2. The van der Waals surface area contributed by atoms with E-state index in [9.17, 15) is 9.18 Å². The number of nitrogens with zero attached hydrogens (tertiary/aromatic N) is 1. The first-order valence-electron chi connectivity index (χ1n) is 8.07. The zero-order valence-corrected chi connectivity index (χ0v) is 14.9. The molecule has 3 rings (SSSR count). The van der Waals surface area contributed by atoms with Crippen molar-refractivity contribution in [2.24, 2.45) is 0 Å². The smallest absolute Gasteiger partial charge is 0.410 e. The predicted octanol–water partition coefficient (Wildman–Crippen LogP) is 3.84. The Hall–Kier alpha value is -2.11. The van der Waals surface area contributed by atoms with Gasteiger partial charge in [0.05, 0.1) is 6.04 Å². The highest BCUT2D eigenvalue weighted by molar-refractivity contribution is 6.30. The summed E-state index contributed by atoms with van der Waals surface area (Å²) >= 11 is 5.99. The zero-order valence-electron chi connectivity index (χ0n) is 14.1. The number of benzene rings is 2. The number of rotatable bonds is 3. The molecule has 0 spiro atoms. The standard InChI is InChI=1S/C19H20ClFN2O2/c1-19(13-3-5-14(20)6-4-13)12-22-11-17(19)23(2)18(24)25-16-9-7-15(21)8-10-16/h3-10,17,22H,11-12H2,1-2H3/t17-,19+/m1/s1. The first kappa shape index (κ1) is 17.7. The number of carbonyl (C=O) groups is 1. The molecular weight excluding hydrogens is 343 g/mol. The van der Waals surface area contributed by atoms with Crippen LogP contribution in [0, 0.1) is 5.82 Å². The second-order valence-electron chi connectivity index (χ2n) is 6.50. The zero-order chi connectivity index (χ0) is 18.0. The Kier molecular flexibility index (Phi) is 4.97. The van der Waals surface area contributed by atoms with Gasteiger partial charge >= 0.3 is 6.09 Å². The summed E-state index contributed by atoms with van der Waals surface area (Å²) in [6, 6.07) is 13.0. The van der Waals surface area contributed by atoms with Gasteiger partial charge < -0.3 is 15.0 Å². The molecule has 0 aliphatic carbocycles. The van der Waals surface area contributed by atoms with Crippen LogP contribution in [-0.2, 0) is 5.41 Å². The average Bonchev–Trinajstić information content (AvgIpc) is 2.99. The fraction of sp³-hybridized carbons (Fsp3) is 0.316. The Morgan fingerprint density at radius 2 is 1.88 bits per heavy atom. The number of amides is 1. The van der Waals surface area contributed by atoms with E-state index in [2.05, 4.69) is 12.2 Å². The molecule has 132 valence electrons. The minimum absolute atomic E-state index is 0.0818. The summed E-state index contributed by atoms with van der Waals surface area (Å²) in [4.78, 5) is 14.1. The van der Waals surface area contributed by atoms with E-state index in [-0.39, 0.29) is 17.3 Å². The van der Waals surface area contributed by atoms with Crippen LogP contribution in [0.5, 0.6) is 5.75 Å². The van der Waals surface area contributed by atoms with E-state index in [1.54, 1.807) is 11.9 Å². The van der Waals surface area contributed by atoms with E-state index in [1.165, 1.54) is 24.3 Å². The molecule has 1 aliphatic rings. The minimum atomic E-state index is -0.472. The molecule has 4 nitrogen and oxygen atoms in total. The quantitative estimate of drug-likeness (QED) is 0.902. The van der Waals surface area contributed by atoms with Crippen LogP contribution in [0.15, 0.2) is 48.5 Å². The predicted molar refractivity (Wildman–Crippen MR) is 95.6 cm³/mol. The molecule has 1 fully saturated rings. The number of ether oxygens (including phenoxy) is 1. The number of nitrogens with one attached hydrogen (secondary N) is 1. The van der Waals surface area contributed by atoms with Crippen molar-refractivity contribution in [3.05, 3.63) is 64.9 Å². The molecule has 6 heteroatoms. The number of hydrogen-bond donors (Lipinski definition) is 1. The highest BCUT2D eigenvalue weighted by Gasteiger charge is 2.44. The lowest BCUT2D eigenvalue weighted by Crippen LogP contribution is -2.50. The van der Waals surface area contributed by atoms with Crippen molar-refractivity contribution in [3.63, 3.8) is 0 Å². The number of halogens is 2. The molecule has 1 N–H and O–H groups in total. The first-order valence-corrected chi connectivity index (χ1v) is 8.45. The fourth-order valence-corrected chi connectivity index (χ4v) is 3.43. The molecule has 1 saturated heterocycles. The maximum Gasteiger partial charge on any atom is 0.415 e. The summed E-state index contributed by atoms with van der Waals surface area (Å²) < 4.78 is 18.3. The van der Waals surface area contributed by atoms with Crippen LogP contribution in [0.25, 0.3) is 0 Å². The van der Waals surface area contributed by atoms with Gasteiger partial charge in [0.25, 0.3) is 0 Å². The summed E-state index contributed by atoms with van der Waals surface area (Å²) in [5.74, 6) is -0.0548. The van der Waals surface area contributed by atoms with E-state index >= 15 is 0 Å². The summed E-state index contributed by atoms with van der Waals surface area (Å²) in [5, 5.41) is 4.03. The van der Waals surface area contributed by atoms with Crippen molar-refractivity contribution < 1.29 is 13.9 Å². The van der Waals surface area contributed by atoms with Gasteiger partial charge in [0, 0.05) is 30.6 Å². The van der Waals surface area contributed by atoms with E-state index in [0.29, 0.717) is 17.3 Å². The second-order valence-corrected chi connectivity index (χ2v) is 6.94. The van der Waals surface area contributed by atoms with Crippen LogP contribution in [-0.4, -0.2) is 37.2 Å². The second kappa shape index (κ2) is 7.02. The van der Waals surface area contributed by atoms with E-state index in [0.717, 1.165) is 12.1 Å². The van der Waals surface area contributed by atoms with Gasteiger partial charge in [-0.1, -0.05) is 30.7 Å². The summed E-state index contributed by atoms with van der Waals surface area (Å²) in [6.07, 6.45) is -0.472. The topological polar surface area (TPSA) is 41.6 Å².